The van der Waals surface area contributed by atoms with E-state index in [0.29, 0.717) is 19.4 Å². The van der Waals surface area contributed by atoms with E-state index in [1.165, 1.54) is 6.07 Å². The number of amidine groups is 1. The minimum atomic E-state index is -0.824. The minimum Gasteiger partial charge on any atom is -0.463 e. The highest BCUT2D eigenvalue weighted by Crippen LogP contribution is 2.14. The van der Waals surface area contributed by atoms with Gasteiger partial charge in [-0.25, -0.2) is 13.8 Å². The fraction of sp³-hybridized carbons (Fsp3) is 0.364. The Labute approximate surface area is 91.9 Å². The van der Waals surface area contributed by atoms with Gasteiger partial charge in [-0.15, -0.1) is 0 Å². The predicted molar refractivity (Wildman–Crippen MR) is 56.0 cm³/mol. The van der Waals surface area contributed by atoms with Crippen molar-refractivity contribution in [3.63, 3.8) is 0 Å². The highest BCUT2D eigenvalue weighted by molar-refractivity contribution is 5.72. The van der Waals surface area contributed by atoms with Crippen LogP contribution in [0, 0.1) is 11.6 Å². The number of aryl methyl sites for hydroxylation is 1. The van der Waals surface area contributed by atoms with Gasteiger partial charge in [-0.1, -0.05) is 6.07 Å². The van der Waals surface area contributed by atoms with Crippen LogP contribution in [0.3, 0.4) is 0 Å². The van der Waals surface area contributed by atoms with Crippen LogP contribution in [-0.4, -0.2) is 18.7 Å². The van der Waals surface area contributed by atoms with Crippen molar-refractivity contribution in [3.8, 4) is 0 Å². The molecule has 0 bridgehead atoms. The molecule has 2 rings (SSSR count). The molecule has 1 unspecified atom stereocenters. The van der Waals surface area contributed by atoms with Crippen LogP contribution in [0.1, 0.15) is 12.0 Å². The van der Waals surface area contributed by atoms with Gasteiger partial charge < -0.3 is 10.5 Å². The molecular weight excluding hydrogens is 214 g/mol. The van der Waals surface area contributed by atoms with E-state index in [1.807, 2.05) is 0 Å². The molecule has 0 spiro atoms. The lowest BCUT2D eigenvalue weighted by molar-refractivity contribution is 0.308. The first kappa shape index (κ1) is 10.9. The van der Waals surface area contributed by atoms with E-state index in [-0.39, 0.29) is 12.1 Å². The maximum Gasteiger partial charge on any atom is 0.282 e. The number of hydrogen-bond acceptors (Lipinski definition) is 3. The Kier molecular flexibility index (Phi) is 3.03. The molecule has 0 saturated heterocycles. The van der Waals surface area contributed by atoms with Gasteiger partial charge in [-0.2, -0.15) is 0 Å². The van der Waals surface area contributed by atoms with Crippen molar-refractivity contribution in [1.82, 2.24) is 0 Å². The van der Waals surface area contributed by atoms with Crippen molar-refractivity contribution in [2.45, 2.75) is 18.9 Å². The molecule has 5 heteroatoms. The summed E-state index contributed by atoms with van der Waals surface area (Å²) in [4.78, 5) is 4.05. The second kappa shape index (κ2) is 4.47. The Hall–Kier alpha value is -1.65. The number of benzene rings is 1. The van der Waals surface area contributed by atoms with E-state index < -0.39 is 11.6 Å². The highest BCUT2D eigenvalue weighted by atomic mass is 19.2. The van der Waals surface area contributed by atoms with Gasteiger partial charge in [0.05, 0.1) is 6.04 Å². The summed E-state index contributed by atoms with van der Waals surface area (Å²) in [6.45, 7) is 0.468. The number of hydrogen-bond donors (Lipinski definition) is 1. The third-order valence-corrected chi connectivity index (χ3v) is 2.48. The summed E-state index contributed by atoms with van der Waals surface area (Å²) in [6.07, 6.45) is 1.34. The molecule has 1 aromatic rings. The highest BCUT2D eigenvalue weighted by Gasteiger charge is 2.16. The lowest BCUT2D eigenvalue weighted by Crippen LogP contribution is -2.10. The summed E-state index contributed by atoms with van der Waals surface area (Å²) in [7, 11) is 0. The topological polar surface area (TPSA) is 47.6 Å². The third-order valence-electron chi connectivity index (χ3n) is 2.48. The Morgan fingerprint density at radius 3 is 2.81 bits per heavy atom. The quantitative estimate of drug-likeness (QED) is 0.851. The Balaban J connectivity index is 1.92. The average molecular weight is 226 g/mol. The van der Waals surface area contributed by atoms with Crippen LogP contribution in [0.15, 0.2) is 23.2 Å². The minimum absolute atomic E-state index is 0.0214. The number of ether oxygens (including phenoxy) is 1. The summed E-state index contributed by atoms with van der Waals surface area (Å²) in [5, 5.41) is 0. The molecule has 3 nitrogen and oxygen atoms in total. The number of rotatable bonds is 3. The van der Waals surface area contributed by atoms with E-state index in [1.54, 1.807) is 6.07 Å². The second-order valence-electron chi connectivity index (χ2n) is 3.72. The molecule has 0 aromatic heterocycles. The maximum atomic E-state index is 12.9. The van der Waals surface area contributed by atoms with Crippen LogP contribution in [0.4, 0.5) is 8.78 Å². The van der Waals surface area contributed by atoms with Gasteiger partial charge in [0.2, 0.25) is 0 Å². The number of nitrogens with zero attached hydrogens (tertiary/aromatic N) is 1. The first-order valence-electron chi connectivity index (χ1n) is 5.05. The summed E-state index contributed by atoms with van der Waals surface area (Å²) in [6, 6.07) is 4.14. The van der Waals surface area contributed by atoms with E-state index in [0.717, 1.165) is 11.6 Å². The molecule has 0 radical (unpaired) electrons. The van der Waals surface area contributed by atoms with E-state index in [9.17, 15) is 8.78 Å². The first-order chi connectivity index (χ1) is 7.65. The fourth-order valence-corrected chi connectivity index (χ4v) is 1.61. The number of halogens is 2. The van der Waals surface area contributed by atoms with Gasteiger partial charge in [0.1, 0.15) is 6.61 Å². The molecule has 0 amide bonds. The molecule has 2 N–H and O–H groups in total. The van der Waals surface area contributed by atoms with Crippen molar-refractivity contribution >= 4 is 6.02 Å². The van der Waals surface area contributed by atoms with E-state index in [2.05, 4.69) is 4.99 Å². The first-order valence-corrected chi connectivity index (χ1v) is 5.05. The summed E-state index contributed by atoms with van der Waals surface area (Å²) < 4.78 is 30.5. The van der Waals surface area contributed by atoms with Crippen LogP contribution in [0.25, 0.3) is 0 Å². The summed E-state index contributed by atoms with van der Waals surface area (Å²) in [5.41, 5.74) is 6.11. The van der Waals surface area contributed by atoms with Crippen molar-refractivity contribution in [2.24, 2.45) is 10.7 Å². The number of aliphatic imine (C=N–C) groups is 1. The van der Waals surface area contributed by atoms with Gasteiger partial charge in [0, 0.05) is 0 Å². The molecule has 0 saturated carbocycles. The van der Waals surface area contributed by atoms with Crippen LogP contribution >= 0.6 is 0 Å². The molecule has 1 aromatic carbocycles. The van der Waals surface area contributed by atoms with Gasteiger partial charge in [0.15, 0.2) is 11.6 Å². The van der Waals surface area contributed by atoms with Gasteiger partial charge in [-0.3, -0.25) is 0 Å². The zero-order valence-electron chi connectivity index (χ0n) is 8.62. The summed E-state index contributed by atoms with van der Waals surface area (Å²) >= 11 is 0. The largest absolute Gasteiger partial charge is 0.463 e. The van der Waals surface area contributed by atoms with Crippen LogP contribution in [0.5, 0.6) is 0 Å². The SMILES string of the molecule is NC1=NC(CCc2ccc(F)c(F)c2)CO1. The molecular formula is C11H12F2N2O. The lowest BCUT2D eigenvalue weighted by Gasteiger charge is -2.05. The zero-order valence-corrected chi connectivity index (χ0v) is 8.62. The van der Waals surface area contributed by atoms with Crippen LogP contribution in [-0.2, 0) is 11.2 Å². The normalized spacial score (nSPS) is 19.4. The van der Waals surface area contributed by atoms with Crippen LogP contribution < -0.4 is 5.73 Å². The molecule has 0 fully saturated rings. The number of nitrogens with two attached hydrogens (primary N) is 1. The molecule has 0 aliphatic carbocycles. The van der Waals surface area contributed by atoms with Gasteiger partial charge in [0.25, 0.3) is 6.02 Å². The Morgan fingerprint density at radius 1 is 1.38 bits per heavy atom. The molecule has 1 aliphatic heterocycles. The van der Waals surface area contributed by atoms with Crippen LogP contribution in [0.2, 0.25) is 0 Å². The second-order valence-corrected chi connectivity index (χ2v) is 3.72. The fourth-order valence-electron chi connectivity index (χ4n) is 1.61. The molecule has 1 atom stereocenters. The van der Waals surface area contributed by atoms with Crippen molar-refractivity contribution in [2.75, 3.05) is 6.61 Å². The van der Waals surface area contributed by atoms with Crippen molar-refractivity contribution in [3.05, 3.63) is 35.4 Å². The summed E-state index contributed by atoms with van der Waals surface area (Å²) in [5.74, 6) is -1.64. The lowest BCUT2D eigenvalue weighted by atomic mass is 10.1. The van der Waals surface area contributed by atoms with Gasteiger partial charge >= 0.3 is 0 Å². The molecule has 1 heterocycles. The predicted octanol–water partition coefficient (Wildman–Crippen LogP) is 1.61. The molecule has 86 valence electrons. The molecule has 16 heavy (non-hydrogen) atoms. The van der Waals surface area contributed by atoms with Crippen molar-refractivity contribution < 1.29 is 13.5 Å². The molecule has 1 aliphatic rings. The van der Waals surface area contributed by atoms with Crippen molar-refractivity contribution in [1.29, 1.82) is 0 Å². The zero-order chi connectivity index (χ0) is 11.5. The Bertz CT molecular complexity index is 420. The average Bonchev–Trinajstić information content (AvgIpc) is 2.66. The third kappa shape index (κ3) is 2.48. The standard InChI is InChI=1S/C11H12F2N2O/c12-9-4-2-7(5-10(9)13)1-3-8-6-16-11(14)15-8/h2,4-5,8H,1,3,6H2,(H2,14,15). The van der Waals surface area contributed by atoms with Gasteiger partial charge in [-0.05, 0) is 30.5 Å². The van der Waals surface area contributed by atoms with E-state index >= 15 is 0 Å². The van der Waals surface area contributed by atoms with E-state index in [4.69, 9.17) is 10.5 Å². The monoisotopic (exact) mass is 226 g/mol. The Morgan fingerprint density at radius 2 is 2.19 bits per heavy atom. The maximum absolute atomic E-state index is 12.9. The smallest absolute Gasteiger partial charge is 0.282 e.